The summed E-state index contributed by atoms with van der Waals surface area (Å²) in [5.41, 5.74) is 1.46. The number of nitrogens with one attached hydrogen (secondary N) is 1. The first kappa shape index (κ1) is 15.4. The standard InChI is InChI=1S/C16H23NO2S/c1-13-2-4-14(5-3-13)20-11-6-15(19)17-12-16(7-8-16)9-10-18/h2-5,18H,6-12H2,1H3,(H,17,19). The third-order valence-electron chi connectivity index (χ3n) is 3.88. The van der Waals surface area contributed by atoms with Crippen molar-refractivity contribution in [2.45, 2.75) is 37.5 Å². The van der Waals surface area contributed by atoms with Gasteiger partial charge in [-0.2, -0.15) is 0 Å². The molecule has 1 aliphatic carbocycles. The van der Waals surface area contributed by atoms with Crippen molar-refractivity contribution in [3.8, 4) is 0 Å². The number of carbonyl (C=O) groups is 1. The Labute approximate surface area is 125 Å². The average Bonchev–Trinajstić information content (AvgIpc) is 3.20. The highest BCUT2D eigenvalue weighted by Crippen LogP contribution is 2.47. The summed E-state index contributed by atoms with van der Waals surface area (Å²) in [4.78, 5) is 13.0. The number of hydrogen-bond donors (Lipinski definition) is 2. The van der Waals surface area contributed by atoms with Crippen LogP contribution in [0, 0.1) is 12.3 Å². The van der Waals surface area contributed by atoms with Crippen LogP contribution in [0.1, 0.15) is 31.2 Å². The van der Waals surface area contributed by atoms with Crippen LogP contribution in [0.4, 0.5) is 0 Å². The van der Waals surface area contributed by atoms with Gasteiger partial charge in [-0.25, -0.2) is 0 Å². The Bertz CT molecular complexity index is 440. The molecular formula is C16H23NO2S. The molecule has 1 saturated carbocycles. The van der Waals surface area contributed by atoms with Gasteiger partial charge in [-0.1, -0.05) is 17.7 Å². The molecule has 0 aliphatic heterocycles. The van der Waals surface area contributed by atoms with E-state index in [0.717, 1.165) is 31.6 Å². The second kappa shape index (κ2) is 7.14. The molecule has 0 saturated heterocycles. The SMILES string of the molecule is Cc1ccc(SCCC(=O)NCC2(CCO)CC2)cc1. The molecule has 0 radical (unpaired) electrons. The molecular weight excluding hydrogens is 270 g/mol. The van der Waals surface area contributed by atoms with Gasteiger partial charge in [0.1, 0.15) is 0 Å². The van der Waals surface area contributed by atoms with Crippen LogP contribution in [-0.4, -0.2) is 29.9 Å². The summed E-state index contributed by atoms with van der Waals surface area (Å²) in [6.45, 7) is 3.02. The molecule has 4 heteroatoms. The Morgan fingerprint density at radius 3 is 2.65 bits per heavy atom. The summed E-state index contributed by atoms with van der Waals surface area (Å²) in [5.74, 6) is 0.927. The predicted octanol–water partition coefficient (Wildman–Crippen LogP) is 2.76. The van der Waals surface area contributed by atoms with E-state index in [1.165, 1.54) is 10.5 Å². The minimum atomic E-state index is 0.119. The van der Waals surface area contributed by atoms with Crippen molar-refractivity contribution < 1.29 is 9.90 Å². The van der Waals surface area contributed by atoms with E-state index in [1.54, 1.807) is 11.8 Å². The van der Waals surface area contributed by atoms with Gasteiger partial charge >= 0.3 is 0 Å². The van der Waals surface area contributed by atoms with Gasteiger partial charge in [0, 0.05) is 30.2 Å². The van der Waals surface area contributed by atoms with Crippen molar-refractivity contribution in [1.29, 1.82) is 0 Å². The van der Waals surface area contributed by atoms with Crippen molar-refractivity contribution in [3.63, 3.8) is 0 Å². The molecule has 1 amide bonds. The second-order valence-corrected chi connectivity index (χ2v) is 6.83. The minimum Gasteiger partial charge on any atom is -0.396 e. The number of aliphatic hydroxyl groups is 1. The Morgan fingerprint density at radius 2 is 2.05 bits per heavy atom. The number of amides is 1. The molecule has 0 atom stereocenters. The van der Waals surface area contributed by atoms with Crippen LogP contribution in [0.2, 0.25) is 0 Å². The summed E-state index contributed by atoms with van der Waals surface area (Å²) in [6.07, 6.45) is 3.62. The van der Waals surface area contributed by atoms with Crippen molar-refractivity contribution in [3.05, 3.63) is 29.8 Å². The average molecular weight is 293 g/mol. The van der Waals surface area contributed by atoms with E-state index in [1.807, 2.05) is 0 Å². The minimum absolute atomic E-state index is 0.119. The molecule has 2 N–H and O–H groups in total. The van der Waals surface area contributed by atoms with Gasteiger partial charge in [0.15, 0.2) is 0 Å². The topological polar surface area (TPSA) is 49.3 Å². The van der Waals surface area contributed by atoms with E-state index in [9.17, 15) is 4.79 Å². The zero-order chi connectivity index (χ0) is 14.4. The number of carbonyl (C=O) groups excluding carboxylic acids is 1. The normalized spacial score (nSPS) is 15.9. The third-order valence-corrected chi connectivity index (χ3v) is 4.89. The highest BCUT2D eigenvalue weighted by atomic mass is 32.2. The molecule has 0 spiro atoms. The van der Waals surface area contributed by atoms with E-state index in [2.05, 4.69) is 36.5 Å². The van der Waals surface area contributed by atoms with Crippen molar-refractivity contribution in [1.82, 2.24) is 5.32 Å². The summed E-state index contributed by atoms with van der Waals surface area (Å²) < 4.78 is 0. The molecule has 1 aliphatic rings. The van der Waals surface area contributed by atoms with Gasteiger partial charge in [0.2, 0.25) is 5.91 Å². The predicted molar refractivity (Wildman–Crippen MR) is 82.9 cm³/mol. The summed E-state index contributed by atoms with van der Waals surface area (Å²) in [7, 11) is 0. The molecule has 3 nitrogen and oxygen atoms in total. The first-order valence-corrected chi connectivity index (χ1v) is 8.19. The molecule has 1 fully saturated rings. The molecule has 20 heavy (non-hydrogen) atoms. The number of rotatable bonds is 8. The first-order chi connectivity index (χ1) is 9.63. The van der Waals surface area contributed by atoms with Crippen LogP contribution < -0.4 is 5.32 Å². The van der Waals surface area contributed by atoms with Gasteiger partial charge in [0.25, 0.3) is 0 Å². The molecule has 0 heterocycles. The van der Waals surface area contributed by atoms with Gasteiger partial charge in [0.05, 0.1) is 0 Å². The number of aryl methyl sites for hydroxylation is 1. The maximum absolute atomic E-state index is 11.8. The van der Waals surface area contributed by atoms with Gasteiger partial charge in [-0.15, -0.1) is 11.8 Å². The molecule has 1 aromatic carbocycles. The lowest BCUT2D eigenvalue weighted by Gasteiger charge is -2.14. The van der Waals surface area contributed by atoms with Crippen LogP contribution in [0.3, 0.4) is 0 Å². The van der Waals surface area contributed by atoms with Crippen molar-refractivity contribution in [2.75, 3.05) is 18.9 Å². The number of hydrogen-bond acceptors (Lipinski definition) is 3. The third kappa shape index (κ3) is 4.84. The van der Waals surface area contributed by atoms with E-state index < -0.39 is 0 Å². The molecule has 110 valence electrons. The highest BCUT2D eigenvalue weighted by molar-refractivity contribution is 7.99. The lowest BCUT2D eigenvalue weighted by atomic mass is 10.0. The van der Waals surface area contributed by atoms with E-state index in [4.69, 9.17) is 5.11 Å². The van der Waals surface area contributed by atoms with Crippen LogP contribution in [-0.2, 0) is 4.79 Å². The fourth-order valence-electron chi connectivity index (χ4n) is 2.20. The Hall–Kier alpha value is -1.00. The van der Waals surface area contributed by atoms with Crippen LogP contribution in [0.15, 0.2) is 29.2 Å². The Morgan fingerprint density at radius 1 is 1.35 bits per heavy atom. The quantitative estimate of drug-likeness (QED) is 0.725. The van der Waals surface area contributed by atoms with Crippen LogP contribution in [0.5, 0.6) is 0 Å². The molecule has 2 rings (SSSR count). The van der Waals surface area contributed by atoms with Crippen LogP contribution in [0.25, 0.3) is 0 Å². The lowest BCUT2D eigenvalue weighted by molar-refractivity contribution is -0.120. The maximum atomic E-state index is 11.8. The van der Waals surface area contributed by atoms with Crippen molar-refractivity contribution in [2.24, 2.45) is 5.41 Å². The smallest absolute Gasteiger partial charge is 0.220 e. The largest absolute Gasteiger partial charge is 0.396 e. The number of aliphatic hydroxyl groups excluding tert-OH is 1. The molecule has 0 aromatic heterocycles. The fourth-order valence-corrected chi connectivity index (χ4v) is 3.05. The van der Waals surface area contributed by atoms with E-state index >= 15 is 0 Å². The summed E-state index contributed by atoms with van der Waals surface area (Å²) in [6, 6.07) is 8.37. The lowest BCUT2D eigenvalue weighted by Crippen LogP contribution is -2.30. The summed E-state index contributed by atoms with van der Waals surface area (Å²) >= 11 is 1.72. The van der Waals surface area contributed by atoms with Crippen molar-refractivity contribution >= 4 is 17.7 Å². The zero-order valence-corrected chi connectivity index (χ0v) is 12.8. The fraction of sp³-hybridized carbons (Fsp3) is 0.562. The second-order valence-electron chi connectivity index (χ2n) is 5.66. The van der Waals surface area contributed by atoms with Gasteiger partial charge in [-0.3, -0.25) is 4.79 Å². The molecule has 0 unspecified atom stereocenters. The molecule has 0 bridgehead atoms. The van der Waals surface area contributed by atoms with Gasteiger partial charge < -0.3 is 10.4 Å². The highest BCUT2D eigenvalue weighted by Gasteiger charge is 2.41. The van der Waals surface area contributed by atoms with Gasteiger partial charge in [-0.05, 0) is 43.7 Å². The maximum Gasteiger partial charge on any atom is 0.220 e. The van der Waals surface area contributed by atoms with E-state index in [0.29, 0.717) is 6.42 Å². The van der Waals surface area contributed by atoms with Crippen LogP contribution >= 0.6 is 11.8 Å². The monoisotopic (exact) mass is 293 g/mol. The first-order valence-electron chi connectivity index (χ1n) is 7.21. The number of thioether (sulfide) groups is 1. The Balaban J connectivity index is 1.62. The summed E-state index contributed by atoms with van der Waals surface area (Å²) in [5, 5.41) is 12.0. The van der Waals surface area contributed by atoms with E-state index in [-0.39, 0.29) is 17.9 Å². The zero-order valence-electron chi connectivity index (χ0n) is 12.0. The number of benzene rings is 1. The Kier molecular flexibility index (Phi) is 5.49. The molecule has 1 aromatic rings.